The van der Waals surface area contributed by atoms with Crippen molar-refractivity contribution in [2.75, 3.05) is 20.8 Å². The summed E-state index contributed by atoms with van der Waals surface area (Å²) in [6, 6.07) is 21.8. The number of H-pyrrole nitrogens is 1. The number of aromatic nitrogens is 2. The minimum Gasteiger partial charge on any atom is -0.493 e. The van der Waals surface area contributed by atoms with E-state index in [-0.39, 0.29) is 17.4 Å². The van der Waals surface area contributed by atoms with E-state index < -0.39 is 0 Å². The van der Waals surface area contributed by atoms with Crippen molar-refractivity contribution in [2.45, 2.75) is 6.42 Å². The molecule has 1 amide bonds. The summed E-state index contributed by atoms with van der Waals surface area (Å²) in [5.41, 5.74) is 4.00. The fourth-order valence-corrected chi connectivity index (χ4v) is 4.26. The normalized spacial score (nSPS) is 11.1. The molecule has 0 saturated carbocycles. The first kappa shape index (κ1) is 22.4. The second kappa shape index (κ2) is 9.46. The van der Waals surface area contributed by atoms with Crippen molar-refractivity contribution in [3.63, 3.8) is 0 Å². The number of hydrogen-bond acceptors (Lipinski definition) is 4. The highest BCUT2D eigenvalue weighted by Gasteiger charge is 2.18. The predicted octanol–water partition coefficient (Wildman–Crippen LogP) is 5.51. The number of rotatable bonds is 7. The van der Waals surface area contributed by atoms with Crippen molar-refractivity contribution < 1.29 is 18.7 Å². The second-order valence-electron chi connectivity index (χ2n) is 8.12. The van der Waals surface area contributed by atoms with E-state index in [0.717, 1.165) is 27.4 Å². The Morgan fingerprint density at radius 2 is 1.71 bits per heavy atom. The van der Waals surface area contributed by atoms with Crippen LogP contribution in [0, 0.1) is 5.82 Å². The lowest BCUT2D eigenvalue weighted by Gasteiger charge is -2.12. The molecule has 0 atom stereocenters. The van der Waals surface area contributed by atoms with Gasteiger partial charge in [-0.05, 0) is 48.4 Å². The lowest BCUT2D eigenvalue weighted by atomic mass is 10.1. The molecule has 6 nitrogen and oxygen atoms in total. The largest absolute Gasteiger partial charge is 0.493 e. The van der Waals surface area contributed by atoms with Crippen LogP contribution in [-0.2, 0) is 6.42 Å². The molecule has 0 aliphatic rings. The quantitative estimate of drug-likeness (QED) is 0.330. The van der Waals surface area contributed by atoms with Gasteiger partial charge in [0, 0.05) is 28.4 Å². The minimum absolute atomic E-state index is 0.278. The lowest BCUT2D eigenvalue weighted by Crippen LogP contribution is -2.26. The minimum atomic E-state index is -0.324. The molecule has 3 aromatic carbocycles. The topological polar surface area (TPSA) is 76.2 Å². The first-order chi connectivity index (χ1) is 17.1. The molecule has 7 heteroatoms. The Labute approximate surface area is 201 Å². The summed E-state index contributed by atoms with van der Waals surface area (Å²) in [7, 11) is 3.16. The molecule has 0 saturated heterocycles. The van der Waals surface area contributed by atoms with Crippen LogP contribution in [0.1, 0.15) is 16.1 Å². The fourth-order valence-electron chi connectivity index (χ4n) is 4.26. The van der Waals surface area contributed by atoms with Crippen LogP contribution in [0.25, 0.3) is 33.1 Å². The number of carbonyl (C=O) groups excluding carboxylic acids is 1. The van der Waals surface area contributed by atoms with Gasteiger partial charge >= 0.3 is 0 Å². The molecule has 176 valence electrons. The number of amides is 1. The SMILES string of the molecule is COc1ccc(-c2nc(C(=O)NCCc3ccccc3F)cc3c2[nH]c2ccccc23)cc1OC. The van der Waals surface area contributed by atoms with Crippen molar-refractivity contribution >= 4 is 27.7 Å². The van der Waals surface area contributed by atoms with Crippen molar-refractivity contribution in [2.24, 2.45) is 0 Å². The number of pyridine rings is 1. The molecular weight excluding hydrogens is 445 g/mol. The van der Waals surface area contributed by atoms with E-state index in [4.69, 9.17) is 14.5 Å². The molecular formula is C28H24FN3O3. The van der Waals surface area contributed by atoms with E-state index >= 15 is 0 Å². The molecule has 0 spiro atoms. The predicted molar refractivity (Wildman–Crippen MR) is 135 cm³/mol. The first-order valence-corrected chi connectivity index (χ1v) is 11.2. The molecule has 0 radical (unpaired) electrons. The molecule has 2 N–H and O–H groups in total. The van der Waals surface area contributed by atoms with E-state index in [1.54, 1.807) is 38.5 Å². The van der Waals surface area contributed by atoms with Crippen LogP contribution in [0.3, 0.4) is 0 Å². The Balaban J connectivity index is 1.55. The zero-order valence-corrected chi connectivity index (χ0v) is 19.4. The number of nitrogens with zero attached hydrogens (tertiary/aromatic N) is 1. The summed E-state index contributed by atoms with van der Waals surface area (Å²) in [4.78, 5) is 21.3. The van der Waals surface area contributed by atoms with Gasteiger partial charge in [-0.15, -0.1) is 0 Å². The number of benzene rings is 3. The molecule has 2 aromatic heterocycles. The van der Waals surface area contributed by atoms with Crippen molar-refractivity contribution in [3.8, 4) is 22.8 Å². The number of para-hydroxylation sites is 1. The highest BCUT2D eigenvalue weighted by atomic mass is 19.1. The van der Waals surface area contributed by atoms with Gasteiger partial charge < -0.3 is 19.8 Å². The second-order valence-corrected chi connectivity index (χ2v) is 8.12. The van der Waals surface area contributed by atoms with Gasteiger partial charge in [0.2, 0.25) is 0 Å². The van der Waals surface area contributed by atoms with E-state index in [1.807, 2.05) is 42.5 Å². The third-order valence-electron chi connectivity index (χ3n) is 6.02. The van der Waals surface area contributed by atoms with Crippen LogP contribution in [0.15, 0.2) is 72.8 Å². The summed E-state index contributed by atoms with van der Waals surface area (Å²) >= 11 is 0. The third kappa shape index (κ3) is 4.28. The van der Waals surface area contributed by atoms with Gasteiger partial charge in [0.25, 0.3) is 5.91 Å². The number of hydrogen-bond donors (Lipinski definition) is 2. The number of carbonyl (C=O) groups is 1. The van der Waals surface area contributed by atoms with E-state index in [1.165, 1.54) is 6.07 Å². The highest BCUT2D eigenvalue weighted by Crippen LogP contribution is 2.36. The van der Waals surface area contributed by atoms with Gasteiger partial charge in [-0.3, -0.25) is 4.79 Å². The summed E-state index contributed by atoms with van der Waals surface area (Å²) in [6.07, 6.45) is 0.385. The monoisotopic (exact) mass is 469 g/mol. The smallest absolute Gasteiger partial charge is 0.269 e. The van der Waals surface area contributed by atoms with Gasteiger partial charge in [0.05, 0.1) is 25.4 Å². The molecule has 5 aromatic rings. The van der Waals surface area contributed by atoms with Crippen LogP contribution >= 0.6 is 0 Å². The van der Waals surface area contributed by atoms with Crippen molar-refractivity contribution in [3.05, 3.63) is 89.9 Å². The summed E-state index contributed by atoms with van der Waals surface area (Å²) in [5, 5.41) is 4.76. The third-order valence-corrected chi connectivity index (χ3v) is 6.02. The number of aromatic amines is 1. The fraction of sp³-hybridized carbons (Fsp3) is 0.143. The molecule has 0 aliphatic heterocycles. The Morgan fingerprint density at radius 3 is 2.51 bits per heavy atom. The highest BCUT2D eigenvalue weighted by molar-refractivity contribution is 6.13. The zero-order chi connectivity index (χ0) is 24.4. The summed E-state index contributed by atoms with van der Waals surface area (Å²) in [6.45, 7) is 0.291. The number of fused-ring (bicyclic) bond motifs is 3. The first-order valence-electron chi connectivity index (χ1n) is 11.2. The molecule has 0 fully saturated rings. The van der Waals surface area contributed by atoms with Crippen LogP contribution in [0.4, 0.5) is 4.39 Å². The van der Waals surface area contributed by atoms with Gasteiger partial charge in [-0.25, -0.2) is 9.37 Å². The van der Waals surface area contributed by atoms with Crippen LogP contribution < -0.4 is 14.8 Å². The number of halogens is 1. The lowest BCUT2D eigenvalue weighted by molar-refractivity contribution is 0.0949. The number of ether oxygens (including phenoxy) is 2. The van der Waals surface area contributed by atoms with Crippen molar-refractivity contribution in [1.82, 2.24) is 15.3 Å². The van der Waals surface area contributed by atoms with Crippen LogP contribution in [0.5, 0.6) is 11.5 Å². The van der Waals surface area contributed by atoms with Gasteiger partial charge in [0.15, 0.2) is 11.5 Å². The van der Waals surface area contributed by atoms with E-state index in [0.29, 0.717) is 35.7 Å². The molecule has 0 unspecified atom stereocenters. The average molecular weight is 470 g/mol. The zero-order valence-electron chi connectivity index (χ0n) is 19.4. The average Bonchev–Trinajstić information content (AvgIpc) is 3.27. The number of methoxy groups -OCH3 is 2. The maximum atomic E-state index is 13.9. The Kier molecular flexibility index (Phi) is 6.06. The Bertz CT molecular complexity index is 1540. The van der Waals surface area contributed by atoms with E-state index in [9.17, 15) is 9.18 Å². The molecule has 35 heavy (non-hydrogen) atoms. The molecule has 2 heterocycles. The summed E-state index contributed by atoms with van der Waals surface area (Å²) in [5.74, 6) is 0.563. The standard InChI is InChI=1S/C28H24FN3O3/c1-34-24-12-11-18(15-25(24)35-2)26-27-20(19-8-4-6-10-22(19)31-27)16-23(32-26)28(33)30-14-13-17-7-3-5-9-21(17)29/h3-12,15-16,31H,13-14H2,1-2H3,(H,30,33). The van der Waals surface area contributed by atoms with Gasteiger partial charge in [0.1, 0.15) is 11.5 Å². The molecule has 0 bridgehead atoms. The van der Waals surface area contributed by atoms with E-state index in [2.05, 4.69) is 10.3 Å². The maximum Gasteiger partial charge on any atom is 0.269 e. The Hall–Kier alpha value is -4.39. The maximum absolute atomic E-state index is 13.9. The molecule has 5 rings (SSSR count). The van der Waals surface area contributed by atoms with Crippen LogP contribution in [0.2, 0.25) is 0 Å². The van der Waals surface area contributed by atoms with Gasteiger partial charge in [-0.1, -0.05) is 36.4 Å². The Morgan fingerprint density at radius 1 is 0.943 bits per heavy atom. The molecule has 0 aliphatic carbocycles. The number of nitrogens with one attached hydrogen (secondary N) is 2. The summed E-state index contributed by atoms with van der Waals surface area (Å²) < 4.78 is 24.8. The van der Waals surface area contributed by atoms with Gasteiger partial charge in [-0.2, -0.15) is 0 Å². The van der Waals surface area contributed by atoms with Crippen LogP contribution in [-0.4, -0.2) is 36.6 Å². The van der Waals surface area contributed by atoms with Crippen molar-refractivity contribution in [1.29, 1.82) is 0 Å².